The van der Waals surface area contributed by atoms with E-state index in [-0.39, 0.29) is 5.91 Å². The summed E-state index contributed by atoms with van der Waals surface area (Å²) in [5.41, 5.74) is 2.10. The van der Waals surface area contributed by atoms with Gasteiger partial charge in [0.15, 0.2) is 11.5 Å². The number of oxazole rings is 1. The van der Waals surface area contributed by atoms with E-state index in [0.717, 1.165) is 24.2 Å². The fraction of sp³-hybridized carbons (Fsp3) is 0.312. The van der Waals surface area contributed by atoms with Crippen molar-refractivity contribution in [3.05, 3.63) is 48.4 Å². The second kappa shape index (κ2) is 5.29. The van der Waals surface area contributed by atoms with Crippen LogP contribution in [-0.4, -0.2) is 27.0 Å². The number of nitrogens with one attached hydrogen (secondary N) is 1. The maximum absolute atomic E-state index is 12.2. The molecule has 0 saturated heterocycles. The van der Waals surface area contributed by atoms with Gasteiger partial charge < -0.3 is 14.3 Å². The van der Waals surface area contributed by atoms with Crippen molar-refractivity contribution in [3.63, 3.8) is 0 Å². The summed E-state index contributed by atoms with van der Waals surface area (Å²) in [5, 5.41) is 2.89. The number of benzene rings is 1. The molecule has 1 aliphatic rings. The Hall–Kier alpha value is -2.63. The molecule has 0 spiro atoms. The van der Waals surface area contributed by atoms with Gasteiger partial charge in [0.25, 0.3) is 5.91 Å². The molecule has 1 N–H and O–H groups in total. The van der Waals surface area contributed by atoms with Crippen LogP contribution in [0.4, 0.5) is 0 Å². The highest BCUT2D eigenvalue weighted by atomic mass is 16.3. The predicted molar refractivity (Wildman–Crippen MR) is 80.5 cm³/mol. The quantitative estimate of drug-likeness (QED) is 0.784. The van der Waals surface area contributed by atoms with E-state index in [9.17, 15) is 4.79 Å². The van der Waals surface area contributed by atoms with Gasteiger partial charge in [-0.3, -0.25) is 4.79 Å². The van der Waals surface area contributed by atoms with Crippen LogP contribution in [0.2, 0.25) is 0 Å². The highest BCUT2D eigenvalue weighted by molar-refractivity contribution is 5.97. The molecule has 1 amide bonds. The molecular weight excluding hydrogens is 280 g/mol. The molecule has 1 aromatic carbocycles. The van der Waals surface area contributed by atoms with Crippen LogP contribution >= 0.6 is 0 Å². The minimum atomic E-state index is -0.105. The molecule has 0 atom stereocenters. The fourth-order valence-electron chi connectivity index (χ4n) is 2.41. The van der Waals surface area contributed by atoms with Crippen molar-refractivity contribution in [3.8, 4) is 0 Å². The summed E-state index contributed by atoms with van der Waals surface area (Å²) in [5.74, 6) is 1.17. The first kappa shape index (κ1) is 13.1. The largest absolute Gasteiger partial charge is 0.440 e. The number of rotatable bonds is 5. The fourth-order valence-corrected chi connectivity index (χ4v) is 2.41. The Morgan fingerprint density at radius 2 is 2.32 bits per heavy atom. The second-order valence-corrected chi connectivity index (χ2v) is 5.57. The number of fused-ring (bicyclic) bond motifs is 1. The molecule has 3 aromatic rings. The minimum absolute atomic E-state index is 0.105. The van der Waals surface area contributed by atoms with Gasteiger partial charge in [-0.05, 0) is 31.0 Å². The van der Waals surface area contributed by atoms with E-state index in [1.807, 2.05) is 16.8 Å². The minimum Gasteiger partial charge on any atom is -0.440 e. The number of hydrogen-bond acceptors (Lipinski definition) is 4. The predicted octanol–water partition coefficient (Wildman–Crippen LogP) is 2.33. The number of aromatic nitrogens is 3. The number of imidazole rings is 1. The van der Waals surface area contributed by atoms with Crippen LogP contribution in [0.15, 0.2) is 41.3 Å². The van der Waals surface area contributed by atoms with Gasteiger partial charge in [0.05, 0.1) is 6.33 Å². The average Bonchev–Trinajstić information content (AvgIpc) is 3.09. The van der Waals surface area contributed by atoms with E-state index >= 15 is 0 Å². The monoisotopic (exact) mass is 296 g/mol. The molecule has 0 unspecified atom stereocenters. The Morgan fingerprint density at radius 1 is 1.41 bits per heavy atom. The van der Waals surface area contributed by atoms with Gasteiger partial charge >= 0.3 is 0 Å². The topological polar surface area (TPSA) is 73.0 Å². The number of carbonyl (C=O) groups excluding carboxylic acids is 1. The maximum atomic E-state index is 12.2. The molecule has 0 aliphatic heterocycles. The molecule has 1 aliphatic carbocycles. The van der Waals surface area contributed by atoms with Crippen LogP contribution < -0.4 is 5.32 Å². The van der Waals surface area contributed by atoms with Gasteiger partial charge in [-0.2, -0.15) is 0 Å². The van der Waals surface area contributed by atoms with Crippen molar-refractivity contribution in [1.29, 1.82) is 0 Å². The van der Waals surface area contributed by atoms with Crippen molar-refractivity contribution in [2.45, 2.75) is 25.3 Å². The van der Waals surface area contributed by atoms with Crippen LogP contribution in [0, 0.1) is 0 Å². The standard InChI is InChI=1S/C16H16N4O2/c21-15(18-6-8-20-7-5-17-10-20)12-3-4-13-14(9-12)22-16(19-13)11-1-2-11/h3-5,7,9-11H,1-2,6,8H2,(H,18,21). The highest BCUT2D eigenvalue weighted by Crippen LogP contribution is 2.40. The van der Waals surface area contributed by atoms with Gasteiger partial charge in [0.1, 0.15) is 5.52 Å². The van der Waals surface area contributed by atoms with Crippen molar-refractivity contribution >= 4 is 17.0 Å². The number of nitrogens with zero attached hydrogens (tertiary/aromatic N) is 3. The highest BCUT2D eigenvalue weighted by Gasteiger charge is 2.28. The molecule has 0 bridgehead atoms. The first-order valence-electron chi connectivity index (χ1n) is 7.44. The second-order valence-electron chi connectivity index (χ2n) is 5.57. The van der Waals surface area contributed by atoms with E-state index in [0.29, 0.717) is 30.2 Å². The van der Waals surface area contributed by atoms with Crippen LogP contribution in [0.3, 0.4) is 0 Å². The molecule has 2 aromatic heterocycles. The molecular formula is C16H16N4O2. The zero-order valence-electron chi connectivity index (χ0n) is 12.0. The molecule has 1 saturated carbocycles. The molecule has 0 radical (unpaired) electrons. The third kappa shape index (κ3) is 2.59. The van der Waals surface area contributed by atoms with Gasteiger partial charge in [-0.25, -0.2) is 9.97 Å². The Morgan fingerprint density at radius 3 is 3.09 bits per heavy atom. The number of amides is 1. The van der Waals surface area contributed by atoms with Gasteiger partial charge in [0.2, 0.25) is 0 Å². The van der Waals surface area contributed by atoms with Crippen LogP contribution in [0.25, 0.3) is 11.1 Å². The third-order valence-corrected chi connectivity index (χ3v) is 3.81. The molecule has 4 rings (SSSR count). The molecule has 112 valence electrons. The summed E-state index contributed by atoms with van der Waals surface area (Å²) >= 11 is 0. The lowest BCUT2D eigenvalue weighted by Gasteiger charge is -2.05. The lowest BCUT2D eigenvalue weighted by Crippen LogP contribution is -2.26. The molecule has 1 fully saturated rings. The first-order valence-corrected chi connectivity index (χ1v) is 7.44. The summed E-state index contributed by atoms with van der Waals surface area (Å²) in [6, 6.07) is 5.39. The van der Waals surface area contributed by atoms with Crippen molar-refractivity contribution in [1.82, 2.24) is 19.9 Å². The molecule has 22 heavy (non-hydrogen) atoms. The summed E-state index contributed by atoms with van der Waals surface area (Å²) in [4.78, 5) is 20.6. The average molecular weight is 296 g/mol. The Labute approximate surface area is 127 Å². The first-order chi connectivity index (χ1) is 10.8. The van der Waals surface area contributed by atoms with E-state index in [4.69, 9.17) is 4.42 Å². The summed E-state index contributed by atoms with van der Waals surface area (Å²) in [7, 11) is 0. The van der Waals surface area contributed by atoms with E-state index in [2.05, 4.69) is 15.3 Å². The molecule has 6 nitrogen and oxygen atoms in total. The SMILES string of the molecule is O=C(NCCn1ccnc1)c1ccc2nc(C3CC3)oc2c1. The Kier molecular flexibility index (Phi) is 3.14. The number of hydrogen-bond donors (Lipinski definition) is 1. The maximum Gasteiger partial charge on any atom is 0.251 e. The molecule has 2 heterocycles. The van der Waals surface area contributed by atoms with Crippen molar-refractivity contribution < 1.29 is 9.21 Å². The Bertz CT molecular complexity index is 803. The van der Waals surface area contributed by atoms with Gasteiger partial charge in [-0.1, -0.05) is 0 Å². The van der Waals surface area contributed by atoms with E-state index < -0.39 is 0 Å². The smallest absolute Gasteiger partial charge is 0.251 e. The van der Waals surface area contributed by atoms with Gasteiger partial charge in [0, 0.05) is 37.0 Å². The van der Waals surface area contributed by atoms with Crippen LogP contribution in [0.1, 0.15) is 35.0 Å². The lowest BCUT2D eigenvalue weighted by atomic mass is 10.2. The zero-order valence-corrected chi connectivity index (χ0v) is 12.0. The van der Waals surface area contributed by atoms with Crippen LogP contribution in [0.5, 0.6) is 0 Å². The van der Waals surface area contributed by atoms with Gasteiger partial charge in [-0.15, -0.1) is 0 Å². The van der Waals surface area contributed by atoms with Crippen molar-refractivity contribution in [2.75, 3.05) is 6.54 Å². The van der Waals surface area contributed by atoms with E-state index in [1.165, 1.54) is 0 Å². The zero-order chi connectivity index (χ0) is 14.9. The summed E-state index contributed by atoms with van der Waals surface area (Å²) < 4.78 is 7.66. The normalized spacial score (nSPS) is 14.4. The van der Waals surface area contributed by atoms with Crippen molar-refractivity contribution in [2.24, 2.45) is 0 Å². The summed E-state index contributed by atoms with van der Waals surface area (Å²) in [6.45, 7) is 1.25. The summed E-state index contributed by atoms with van der Waals surface area (Å²) in [6.07, 6.45) is 7.61. The third-order valence-electron chi connectivity index (χ3n) is 3.81. The number of carbonyl (C=O) groups is 1. The lowest BCUT2D eigenvalue weighted by molar-refractivity contribution is 0.0952. The Balaban J connectivity index is 1.44. The molecule has 6 heteroatoms. The van der Waals surface area contributed by atoms with Crippen LogP contribution in [-0.2, 0) is 6.54 Å². The van der Waals surface area contributed by atoms with E-state index in [1.54, 1.807) is 24.7 Å².